The number of piperidine rings is 1. The minimum Gasteiger partial charge on any atom is -0.468 e. The number of likely N-dealkylation sites (tertiary alicyclic amines) is 1. The Hall–Kier alpha value is -1.39. The summed E-state index contributed by atoms with van der Waals surface area (Å²) in [6.07, 6.45) is 3.25. The van der Waals surface area contributed by atoms with Gasteiger partial charge in [-0.3, -0.25) is 9.69 Å². The van der Waals surface area contributed by atoms with Crippen molar-refractivity contribution in [2.24, 2.45) is 5.73 Å². The van der Waals surface area contributed by atoms with Crippen LogP contribution in [0.2, 0.25) is 0 Å². The van der Waals surface area contributed by atoms with Gasteiger partial charge in [0.05, 0.1) is 7.11 Å². The monoisotopic (exact) mass is 262 g/mol. The van der Waals surface area contributed by atoms with Gasteiger partial charge in [-0.05, 0) is 24.9 Å². The summed E-state index contributed by atoms with van der Waals surface area (Å²) < 4.78 is 4.77. The van der Waals surface area contributed by atoms with E-state index >= 15 is 0 Å². The zero-order chi connectivity index (χ0) is 13.7. The number of nitrogens with zero attached hydrogens (tertiary/aromatic N) is 1. The molecule has 4 heteroatoms. The fourth-order valence-electron chi connectivity index (χ4n) is 2.73. The van der Waals surface area contributed by atoms with Crippen LogP contribution in [-0.2, 0) is 16.1 Å². The maximum atomic E-state index is 11.6. The lowest BCUT2D eigenvalue weighted by molar-refractivity contribution is -0.144. The van der Waals surface area contributed by atoms with Gasteiger partial charge >= 0.3 is 5.97 Å². The maximum Gasteiger partial charge on any atom is 0.324 e. The molecule has 1 aliphatic heterocycles. The second-order valence-electron chi connectivity index (χ2n) is 5.07. The lowest BCUT2D eigenvalue weighted by atomic mass is 9.95. The van der Waals surface area contributed by atoms with E-state index in [9.17, 15) is 4.79 Å². The normalized spacial score (nSPS) is 21.9. The van der Waals surface area contributed by atoms with E-state index < -0.39 is 6.04 Å². The van der Waals surface area contributed by atoms with E-state index in [0.29, 0.717) is 0 Å². The number of nitrogens with two attached hydrogens (primary N) is 1. The summed E-state index contributed by atoms with van der Waals surface area (Å²) in [4.78, 5) is 13.9. The van der Waals surface area contributed by atoms with Crippen molar-refractivity contribution in [2.75, 3.05) is 13.7 Å². The second-order valence-corrected chi connectivity index (χ2v) is 5.07. The summed E-state index contributed by atoms with van der Waals surface area (Å²) in [6, 6.07) is 9.83. The molecule has 2 atom stereocenters. The molecule has 0 spiro atoms. The van der Waals surface area contributed by atoms with Gasteiger partial charge in [0.25, 0.3) is 0 Å². The number of methoxy groups -OCH3 is 1. The van der Waals surface area contributed by atoms with E-state index in [0.717, 1.165) is 32.4 Å². The second kappa shape index (κ2) is 6.68. The first-order valence-corrected chi connectivity index (χ1v) is 6.83. The molecule has 0 aromatic heterocycles. The fourth-order valence-corrected chi connectivity index (χ4v) is 2.73. The topological polar surface area (TPSA) is 55.6 Å². The summed E-state index contributed by atoms with van der Waals surface area (Å²) in [7, 11) is 1.40. The predicted molar refractivity (Wildman–Crippen MR) is 74.5 cm³/mol. The number of carbonyl (C=O) groups is 1. The van der Waals surface area contributed by atoms with Crippen LogP contribution in [-0.4, -0.2) is 36.6 Å². The Bertz CT molecular complexity index is 408. The molecule has 0 radical (unpaired) electrons. The molecule has 0 amide bonds. The molecular weight excluding hydrogens is 240 g/mol. The van der Waals surface area contributed by atoms with Crippen molar-refractivity contribution in [3.8, 4) is 0 Å². The van der Waals surface area contributed by atoms with Crippen LogP contribution in [0, 0.1) is 0 Å². The summed E-state index contributed by atoms with van der Waals surface area (Å²) in [5.74, 6) is -0.315. The van der Waals surface area contributed by atoms with Gasteiger partial charge in [0.2, 0.25) is 0 Å². The Balaban J connectivity index is 2.05. The highest BCUT2D eigenvalue weighted by molar-refractivity contribution is 5.76. The first-order chi connectivity index (χ1) is 9.22. The molecular formula is C15H22N2O2. The molecule has 4 nitrogen and oxygen atoms in total. The van der Waals surface area contributed by atoms with Gasteiger partial charge in [0, 0.05) is 12.6 Å². The molecule has 1 aromatic carbocycles. The van der Waals surface area contributed by atoms with Crippen LogP contribution in [0.15, 0.2) is 30.3 Å². The summed E-state index contributed by atoms with van der Waals surface area (Å²) >= 11 is 0. The molecule has 2 N–H and O–H groups in total. The van der Waals surface area contributed by atoms with Gasteiger partial charge in [-0.25, -0.2) is 0 Å². The zero-order valence-electron chi connectivity index (χ0n) is 11.4. The van der Waals surface area contributed by atoms with Gasteiger partial charge in [0.1, 0.15) is 6.04 Å². The number of carbonyl (C=O) groups excluding carboxylic acids is 1. The Morgan fingerprint density at radius 3 is 2.84 bits per heavy atom. The molecule has 1 fully saturated rings. The van der Waals surface area contributed by atoms with Gasteiger partial charge in [-0.15, -0.1) is 0 Å². The van der Waals surface area contributed by atoms with E-state index in [1.54, 1.807) is 0 Å². The van der Waals surface area contributed by atoms with Crippen molar-refractivity contribution >= 4 is 5.97 Å². The van der Waals surface area contributed by atoms with Crippen molar-refractivity contribution in [3.05, 3.63) is 35.9 Å². The number of esters is 1. The third-order valence-electron chi connectivity index (χ3n) is 3.78. The van der Waals surface area contributed by atoms with E-state index in [-0.39, 0.29) is 12.0 Å². The molecule has 1 heterocycles. The van der Waals surface area contributed by atoms with E-state index in [2.05, 4.69) is 17.0 Å². The highest BCUT2D eigenvalue weighted by Gasteiger charge is 2.32. The average Bonchev–Trinajstić information content (AvgIpc) is 2.47. The van der Waals surface area contributed by atoms with Gasteiger partial charge in [-0.1, -0.05) is 36.8 Å². The Kier molecular flexibility index (Phi) is 4.93. The van der Waals surface area contributed by atoms with Crippen molar-refractivity contribution in [1.29, 1.82) is 0 Å². The zero-order valence-corrected chi connectivity index (χ0v) is 11.4. The first kappa shape index (κ1) is 14.0. The van der Waals surface area contributed by atoms with E-state index in [1.165, 1.54) is 12.7 Å². The summed E-state index contributed by atoms with van der Waals surface area (Å²) in [5.41, 5.74) is 7.29. The highest BCUT2D eigenvalue weighted by Crippen LogP contribution is 2.21. The minimum atomic E-state index is -0.547. The summed E-state index contributed by atoms with van der Waals surface area (Å²) in [5, 5.41) is 0. The van der Waals surface area contributed by atoms with Crippen LogP contribution < -0.4 is 5.73 Å². The van der Waals surface area contributed by atoms with Crippen molar-refractivity contribution in [1.82, 2.24) is 4.90 Å². The molecule has 1 aromatic rings. The van der Waals surface area contributed by atoms with Crippen LogP contribution in [0.3, 0.4) is 0 Å². The Labute approximate surface area is 114 Å². The number of ether oxygens (including phenoxy) is 1. The number of benzene rings is 1. The standard InChI is InChI=1S/C15H22N2O2/c1-19-15(18)14(16)13-9-5-6-10-17(13)11-12-7-3-2-4-8-12/h2-4,7-8,13-14H,5-6,9-11,16H2,1H3. The molecule has 1 aliphatic rings. The number of hydrogen-bond donors (Lipinski definition) is 1. The largest absolute Gasteiger partial charge is 0.468 e. The van der Waals surface area contributed by atoms with Crippen molar-refractivity contribution in [2.45, 2.75) is 37.9 Å². The Morgan fingerprint density at radius 1 is 1.42 bits per heavy atom. The molecule has 2 unspecified atom stereocenters. The molecule has 1 saturated heterocycles. The highest BCUT2D eigenvalue weighted by atomic mass is 16.5. The van der Waals surface area contributed by atoms with Crippen LogP contribution in [0.25, 0.3) is 0 Å². The molecule has 104 valence electrons. The number of rotatable bonds is 4. The van der Waals surface area contributed by atoms with Crippen LogP contribution >= 0.6 is 0 Å². The number of hydrogen-bond acceptors (Lipinski definition) is 4. The summed E-state index contributed by atoms with van der Waals surface area (Å²) in [6.45, 7) is 1.83. The maximum absolute atomic E-state index is 11.6. The third-order valence-corrected chi connectivity index (χ3v) is 3.78. The average molecular weight is 262 g/mol. The molecule has 0 aliphatic carbocycles. The molecule has 19 heavy (non-hydrogen) atoms. The predicted octanol–water partition coefficient (Wildman–Crippen LogP) is 1.54. The molecule has 0 bridgehead atoms. The lowest BCUT2D eigenvalue weighted by Gasteiger charge is -2.38. The SMILES string of the molecule is COC(=O)C(N)C1CCCCN1Cc1ccccc1. The fraction of sp³-hybridized carbons (Fsp3) is 0.533. The van der Waals surface area contributed by atoms with E-state index in [4.69, 9.17) is 10.5 Å². The molecule has 0 saturated carbocycles. The van der Waals surface area contributed by atoms with Crippen molar-refractivity contribution < 1.29 is 9.53 Å². The van der Waals surface area contributed by atoms with Gasteiger partial charge < -0.3 is 10.5 Å². The van der Waals surface area contributed by atoms with Crippen LogP contribution in [0.5, 0.6) is 0 Å². The molecule has 2 rings (SSSR count). The van der Waals surface area contributed by atoms with Crippen molar-refractivity contribution in [3.63, 3.8) is 0 Å². The first-order valence-electron chi connectivity index (χ1n) is 6.83. The van der Waals surface area contributed by atoms with E-state index in [1.807, 2.05) is 18.2 Å². The minimum absolute atomic E-state index is 0.0846. The van der Waals surface area contributed by atoms with Crippen LogP contribution in [0.1, 0.15) is 24.8 Å². The van der Waals surface area contributed by atoms with Crippen LogP contribution in [0.4, 0.5) is 0 Å². The van der Waals surface area contributed by atoms with Gasteiger partial charge in [0.15, 0.2) is 0 Å². The lowest BCUT2D eigenvalue weighted by Crippen LogP contribution is -2.53. The quantitative estimate of drug-likeness (QED) is 0.836. The Morgan fingerprint density at radius 2 is 2.16 bits per heavy atom. The smallest absolute Gasteiger partial charge is 0.324 e. The van der Waals surface area contributed by atoms with Gasteiger partial charge in [-0.2, -0.15) is 0 Å². The third kappa shape index (κ3) is 3.55.